The van der Waals surface area contributed by atoms with E-state index in [4.69, 9.17) is 16.7 Å². The van der Waals surface area contributed by atoms with Crippen molar-refractivity contribution in [3.63, 3.8) is 0 Å². The minimum Gasteiger partial charge on any atom is -0.481 e. The van der Waals surface area contributed by atoms with Crippen LogP contribution >= 0.6 is 38.9 Å². The van der Waals surface area contributed by atoms with Gasteiger partial charge < -0.3 is 10.4 Å². The van der Waals surface area contributed by atoms with E-state index in [1.807, 2.05) is 36.4 Å². The van der Waals surface area contributed by atoms with E-state index >= 15 is 0 Å². The van der Waals surface area contributed by atoms with Gasteiger partial charge in [0.25, 0.3) is 5.91 Å². The third kappa shape index (κ3) is 6.31. The van der Waals surface area contributed by atoms with Crippen molar-refractivity contribution in [3.8, 4) is 0 Å². The molecule has 4 nitrogen and oxygen atoms in total. The number of carbonyl (C=O) groups excluding carboxylic acids is 1. The molecule has 0 bridgehead atoms. The highest BCUT2D eigenvalue weighted by Gasteiger charge is 2.29. The molecule has 38 heavy (non-hydrogen) atoms. The summed E-state index contributed by atoms with van der Waals surface area (Å²) in [6, 6.07) is 20.3. The topological polar surface area (TPSA) is 66.4 Å². The molecule has 4 aromatic rings. The first-order valence-electron chi connectivity index (χ1n) is 12.7. The van der Waals surface area contributed by atoms with E-state index in [0.717, 1.165) is 22.9 Å². The van der Waals surface area contributed by atoms with Gasteiger partial charge in [-0.1, -0.05) is 62.2 Å². The Balaban J connectivity index is 1.74. The minimum absolute atomic E-state index is 0.0905. The molecule has 3 atom stereocenters. The Hall–Kier alpha value is -2.67. The highest BCUT2D eigenvalue weighted by Crippen LogP contribution is 2.47. The molecule has 3 aromatic carbocycles. The quantitative estimate of drug-likeness (QED) is 0.188. The van der Waals surface area contributed by atoms with Gasteiger partial charge in [-0.25, -0.2) is 0 Å². The maximum absolute atomic E-state index is 12.6. The molecule has 0 saturated heterocycles. The number of carbonyl (C=O) groups is 2. The van der Waals surface area contributed by atoms with Crippen LogP contribution in [-0.4, -0.2) is 23.5 Å². The predicted molar refractivity (Wildman–Crippen MR) is 161 cm³/mol. The third-order valence-electron chi connectivity index (χ3n) is 6.96. The van der Waals surface area contributed by atoms with Crippen LogP contribution in [0.25, 0.3) is 10.1 Å². The highest BCUT2D eigenvalue weighted by atomic mass is 79.9. The zero-order valence-electron chi connectivity index (χ0n) is 21.6. The number of aryl methyl sites for hydroxylation is 1. The number of benzene rings is 3. The molecule has 1 heterocycles. The average molecular weight is 613 g/mol. The lowest BCUT2D eigenvalue weighted by Gasteiger charge is -2.29. The summed E-state index contributed by atoms with van der Waals surface area (Å²) in [5, 5.41) is 16.1. The zero-order valence-corrected chi connectivity index (χ0v) is 24.8. The van der Waals surface area contributed by atoms with Gasteiger partial charge in [0.15, 0.2) is 0 Å². The van der Waals surface area contributed by atoms with Crippen LogP contribution in [0.3, 0.4) is 0 Å². The summed E-state index contributed by atoms with van der Waals surface area (Å²) in [5.74, 6) is -1.56. The Kier molecular flexibility index (Phi) is 9.29. The van der Waals surface area contributed by atoms with Gasteiger partial charge in [0.05, 0.1) is 5.92 Å². The van der Waals surface area contributed by atoms with Crippen LogP contribution in [0.4, 0.5) is 0 Å². The van der Waals surface area contributed by atoms with Crippen molar-refractivity contribution in [1.29, 1.82) is 0 Å². The Morgan fingerprint density at radius 1 is 1.05 bits per heavy atom. The first kappa shape index (κ1) is 28.3. The Morgan fingerprint density at radius 2 is 1.71 bits per heavy atom. The van der Waals surface area contributed by atoms with Gasteiger partial charge in [0.2, 0.25) is 0 Å². The van der Waals surface area contributed by atoms with Gasteiger partial charge in [-0.3, -0.25) is 9.59 Å². The summed E-state index contributed by atoms with van der Waals surface area (Å²) in [6.45, 7) is 5.98. The lowest BCUT2D eigenvalue weighted by atomic mass is 9.75. The molecular formula is C31H31BrClNO3S. The Morgan fingerprint density at radius 3 is 2.34 bits per heavy atom. The van der Waals surface area contributed by atoms with Crippen LogP contribution in [0, 0.1) is 12.8 Å². The van der Waals surface area contributed by atoms with E-state index in [1.54, 1.807) is 18.3 Å². The maximum Gasteiger partial charge on any atom is 0.308 e. The van der Waals surface area contributed by atoms with Crippen molar-refractivity contribution in [2.75, 3.05) is 6.54 Å². The number of hydrogen-bond donors (Lipinski definition) is 2. The SMILES string of the molecule is CCCC(c1ccc(C(=O)NCC(C)C(=O)O)cc1)C(c1ccc(Cl)cc1)c1csc2c(Br)cc(C)cc12. The van der Waals surface area contributed by atoms with E-state index in [0.29, 0.717) is 10.6 Å². The summed E-state index contributed by atoms with van der Waals surface area (Å²) in [6.07, 6.45) is 1.98. The van der Waals surface area contributed by atoms with Gasteiger partial charge >= 0.3 is 5.97 Å². The molecule has 0 aliphatic carbocycles. The minimum atomic E-state index is -0.931. The molecule has 4 rings (SSSR count). The van der Waals surface area contributed by atoms with Crippen molar-refractivity contribution in [2.24, 2.45) is 5.92 Å². The van der Waals surface area contributed by atoms with Crippen molar-refractivity contribution in [2.45, 2.75) is 45.4 Å². The number of fused-ring (bicyclic) bond motifs is 1. The van der Waals surface area contributed by atoms with E-state index in [-0.39, 0.29) is 24.3 Å². The van der Waals surface area contributed by atoms with Crippen molar-refractivity contribution in [1.82, 2.24) is 5.32 Å². The molecule has 0 aliphatic heterocycles. The molecular weight excluding hydrogens is 582 g/mol. The first-order chi connectivity index (χ1) is 18.2. The molecule has 1 aromatic heterocycles. The Labute approximate surface area is 241 Å². The largest absolute Gasteiger partial charge is 0.481 e. The molecule has 7 heteroatoms. The molecule has 0 radical (unpaired) electrons. The fourth-order valence-electron chi connectivity index (χ4n) is 4.94. The number of nitrogens with one attached hydrogen (secondary N) is 1. The molecule has 0 saturated carbocycles. The maximum atomic E-state index is 12.6. The number of rotatable bonds is 10. The number of amides is 1. The summed E-state index contributed by atoms with van der Waals surface area (Å²) >= 11 is 11.8. The first-order valence-corrected chi connectivity index (χ1v) is 14.8. The lowest BCUT2D eigenvalue weighted by molar-refractivity contribution is -0.140. The van der Waals surface area contributed by atoms with Crippen LogP contribution in [0.2, 0.25) is 5.02 Å². The number of aliphatic carboxylic acids is 1. The van der Waals surface area contributed by atoms with Crippen LogP contribution in [-0.2, 0) is 4.79 Å². The summed E-state index contributed by atoms with van der Waals surface area (Å²) in [5.41, 5.74) is 5.38. The number of halogens is 2. The second-order valence-corrected chi connectivity index (χ2v) is 12.0. The number of carboxylic acid groups (broad SMARTS) is 1. The average Bonchev–Trinajstić information content (AvgIpc) is 3.31. The summed E-state index contributed by atoms with van der Waals surface area (Å²) in [4.78, 5) is 23.7. The predicted octanol–water partition coefficient (Wildman–Crippen LogP) is 8.79. The molecule has 0 aliphatic rings. The Bertz CT molecular complexity index is 1430. The van der Waals surface area contributed by atoms with Gasteiger partial charge in [-0.2, -0.15) is 0 Å². The van der Waals surface area contributed by atoms with Gasteiger partial charge in [-0.05, 0) is 98.5 Å². The number of thiophene rings is 1. The number of carboxylic acids is 1. The lowest BCUT2D eigenvalue weighted by Crippen LogP contribution is -2.31. The smallest absolute Gasteiger partial charge is 0.308 e. The monoisotopic (exact) mass is 611 g/mol. The van der Waals surface area contributed by atoms with Crippen LogP contribution < -0.4 is 5.32 Å². The molecule has 0 fully saturated rings. The van der Waals surface area contributed by atoms with Gasteiger partial charge in [0, 0.05) is 32.2 Å². The normalized spacial score (nSPS) is 13.7. The van der Waals surface area contributed by atoms with E-state index in [1.165, 1.54) is 26.8 Å². The van der Waals surface area contributed by atoms with Crippen molar-refractivity contribution < 1.29 is 14.7 Å². The molecule has 198 valence electrons. The number of hydrogen-bond acceptors (Lipinski definition) is 3. The molecule has 3 unspecified atom stereocenters. The fraction of sp³-hybridized carbons (Fsp3) is 0.290. The second-order valence-electron chi connectivity index (χ2n) is 9.81. The zero-order chi connectivity index (χ0) is 27.4. The van der Waals surface area contributed by atoms with Crippen molar-refractivity contribution >= 4 is 60.8 Å². The third-order valence-corrected chi connectivity index (χ3v) is 9.15. The second kappa shape index (κ2) is 12.5. The van der Waals surface area contributed by atoms with E-state index in [2.05, 4.69) is 64.7 Å². The fourth-order valence-corrected chi connectivity index (χ4v) is 6.92. The summed E-state index contributed by atoms with van der Waals surface area (Å²) < 4.78 is 2.35. The van der Waals surface area contributed by atoms with Crippen LogP contribution in [0.5, 0.6) is 0 Å². The van der Waals surface area contributed by atoms with E-state index < -0.39 is 11.9 Å². The summed E-state index contributed by atoms with van der Waals surface area (Å²) in [7, 11) is 0. The van der Waals surface area contributed by atoms with Gasteiger partial charge in [0.1, 0.15) is 0 Å². The van der Waals surface area contributed by atoms with Crippen LogP contribution in [0.15, 0.2) is 70.5 Å². The molecule has 0 spiro atoms. The van der Waals surface area contributed by atoms with Gasteiger partial charge in [-0.15, -0.1) is 11.3 Å². The standard InChI is InChI=1S/C31H31BrClNO3S/c1-4-5-24(20-6-8-22(9-7-20)30(35)34-16-19(3)31(36)37)28(21-10-12-23(33)13-11-21)26-17-38-29-25(26)14-18(2)15-27(29)32/h6-15,17,19,24,28H,4-5,16H2,1-3H3,(H,34,35)(H,36,37). The van der Waals surface area contributed by atoms with E-state index in [9.17, 15) is 9.59 Å². The molecule has 2 N–H and O–H groups in total. The van der Waals surface area contributed by atoms with Crippen LogP contribution in [0.1, 0.15) is 71.1 Å². The van der Waals surface area contributed by atoms with Crippen molar-refractivity contribution in [3.05, 3.63) is 103 Å². The highest BCUT2D eigenvalue weighted by molar-refractivity contribution is 9.10. The molecule has 1 amide bonds.